The molecule has 0 aliphatic carbocycles. The van der Waals surface area contributed by atoms with Gasteiger partial charge in [0.1, 0.15) is 0 Å². The number of pyridine rings is 2. The van der Waals surface area contributed by atoms with E-state index in [2.05, 4.69) is 167 Å². The summed E-state index contributed by atoms with van der Waals surface area (Å²) in [7, 11) is 0. The third-order valence-corrected chi connectivity index (χ3v) is 10.6. The highest BCUT2D eigenvalue weighted by atomic mass is 15.0. The minimum atomic E-state index is 1.01. The summed E-state index contributed by atoms with van der Waals surface area (Å²) in [6.07, 6.45) is 3.77. The Balaban J connectivity index is 1.28. The Morgan fingerprint density at radius 3 is 1.17 bits per heavy atom. The fraction of sp³-hybridized carbons (Fsp3) is 0. The van der Waals surface area contributed by atoms with E-state index in [9.17, 15) is 0 Å². The molecule has 0 saturated carbocycles. The quantitative estimate of drug-likeness (QED) is 0.176. The van der Waals surface area contributed by atoms with Gasteiger partial charge in [-0.25, -0.2) is 0 Å². The summed E-state index contributed by atoms with van der Waals surface area (Å²) in [6, 6.07) is 61.2. The smallest absolute Gasteiger partial charge is 0.0963 e. The molecule has 0 fully saturated rings. The fourth-order valence-electron chi connectivity index (χ4n) is 8.44. The normalized spacial score (nSPS) is 11.8. The molecule has 0 atom stereocenters. The largest absolute Gasteiger partial charge is 0.308 e. The Labute approximate surface area is 299 Å². The molecule has 0 saturated heterocycles. The Bertz CT molecular complexity index is 2850. The molecule has 0 aliphatic heterocycles. The molecule has 4 aromatic heterocycles. The number of hydrogen-bond acceptors (Lipinski definition) is 2. The molecule has 4 heterocycles. The van der Waals surface area contributed by atoms with Crippen LogP contribution in [0.1, 0.15) is 0 Å². The van der Waals surface area contributed by atoms with Gasteiger partial charge in [-0.1, -0.05) is 109 Å². The zero-order valence-electron chi connectivity index (χ0n) is 28.1. The van der Waals surface area contributed by atoms with Crippen LogP contribution < -0.4 is 0 Å². The molecule has 11 aromatic rings. The SMILES string of the molecule is c1ccc(-c2c3ccc(-n4c5ccccc5c5ncccc54)cc3c(-c3ccccc3)c3ccc(-n4c5ccccc5c5ncccc54)cc23)cc1. The number of benzene rings is 7. The first-order chi connectivity index (χ1) is 25.8. The molecule has 0 spiro atoms. The van der Waals surface area contributed by atoms with Crippen molar-refractivity contribution in [2.45, 2.75) is 0 Å². The lowest BCUT2D eigenvalue weighted by Crippen LogP contribution is -1.98. The van der Waals surface area contributed by atoms with E-state index in [-0.39, 0.29) is 0 Å². The second-order valence-electron chi connectivity index (χ2n) is 13.4. The zero-order valence-corrected chi connectivity index (χ0v) is 28.1. The molecule has 0 unspecified atom stereocenters. The maximum atomic E-state index is 4.82. The highest BCUT2D eigenvalue weighted by Crippen LogP contribution is 2.46. The highest BCUT2D eigenvalue weighted by Gasteiger charge is 2.21. The molecule has 242 valence electrons. The van der Waals surface area contributed by atoms with Gasteiger partial charge in [0.2, 0.25) is 0 Å². The van der Waals surface area contributed by atoms with Crippen LogP contribution in [0.5, 0.6) is 0 Å². The van der Waals surface area contributed by atoms with Crippen molar-refractivity contribution in [1.29, 1.82) is 0 Å². The van der Waals surface area contributed by atoms with Gasteiger partial charge < -0.3 is 9.13 Å². The van der Waals surface area contributed by atoms with Crippen LogP contribution in [0.2, 0.25) is 0 Å². The molecule has 7 aromatic carbocycles. The highest BCUT2D eigenvalue weighted by molar-refractivity contribution is 6.22. The number of aromatic nitrogens is 4. The summed E-state index contributed by atoms with van der Waals surface area (Å²) in [5, 5.41) is 7.13. The van der Waals surface area contributed by atoms with Crippen LogP contribution in [0.4, 0.5) is 0 Å². The monoisotopic (exact) mass is 662 g/mol. The fourth-order valence-corrected chi connectivity index (χ4v) is 8.44. The van der Waals surface area contributed by atoms with Crippen molar-refractivity contribution in [3.8, 4) is 33.6 Å². The summed E-state index contributed by atoms with van der Waals surface area (Å²) < 4.78 is 4.72. The van der Waals surface area contributed by atoms with Crippen molar-refractivity contribution in [2.75, 3.05) is 0 Å². The molecule has 0 amide bonds. The van der Waals surface area contributed by atoms with Crippen LogP contribution in [-0.4, -0.2) is 19.1 Å². The summed E-state index contributed by atoms with van der Waals surface area (Å²) in [5.41, 5.74) is 13.5. The van der Waals surface area contributed by atoms with E-state index >= 15 is 0 Å². The molecule has 0 radical (unpaired) electrons. The van der Waals surface area contributed by atoms with Gasteiger partial charge in [0.15, 0.2) is 0 Å². The van der Waals surface area contributed by atoms with Crippen molar-refractivity contribution in [2.24, 2.45) is 0 Å². The topological polar surface area (TPSA) is 35.6 Å². The number of rotatable bonds is 4. The second kappa shape index (κ2) is 11.2. The first-order valence-electron chi connectivity index (χ1n) is 17.7. The van der Waals surface area contributed by atoms with Gasteiger partial charge in [0, 0.05) is 34.5 Å². The molecule has 4 nitrogen and oxygen atoms in total. The van der Waals surface area contributed by atoms with Crippen LogP contribution in [0.3, 0.4) is 0 Å². The number of hydrogen-bond donors (Lipinski definition) is 0. The maximum Gasteiger partial charge on any atom is 0.0963 e. The molecule has 0 aliphatic rings. The lowest BCUT2D eigenvalue weighted by molar-refractivity contribution is 1.18. The van der Waals surface area contributed by atoms with Crippen molar-refractivity contribution in [1.82, 2.24) is 19.1 Å². The molecule has 0 bridgehead atoms. The van der Waals surface area contributed by atoms with E-state index in [4.69, 9.17) is 9.97 Å². The third kappa shape index (κ3) is 4.15. The Kier molecular flexibility index (Phi) is 6.22. The average Bonchev–Trinajstić information content (AvgIpc) is 3.73. The van der Waals surface area contributed by atoms with Gasteiger partial charge in [-0.05, 0) is 104 Å². The summed E-state index contributed by atoms with van der Waals surface area (Å²) in [4.78, 5) is 9.64. The van der Waals surface area contributed by atoms with Gasteiger partial charge in [0.05, 0.1) is 33.1 Å². The first kappa shape index (κ1) is 28.8. The second-order valence-corrected chi connectivity index (χ2v) is 13.4. The van der Waals surface area contributed by atoms with Gasteiger partial charge in [-0.3, -0.25) is 9.97 Å². The van der Waals surface area contributed by atoms with Gasteiger partial charge in [-0.2, -0.15) is 0 Å². The first-order valence-corrected chi connectivity index (χ1v) is 17.7. The van der Waals surface area contributed by atoms with Crippen molar-refractivity contribution < 1.29 is 0 Å². The Morgan fingerprint density at radius 2 is 0.712 bits per heavy atom. The van der Waals surface area contributed by atoms with Crippen LogP contribution >= 0.6 is 0 Å². The minimum Gasteiger partial charge on any atom is -0.308 e. The summed E-state index contributed by atoms with van der Waals surface area (Å²) >= 11 is 0. The predicted molar refractivity (Wildman–Crippen MR) is 217 cm³/mol. The van der Waals surface area contributed by atoms with Crippen LogP contribution in [-0.2, 0) is 0 Å². The number of fused-ring (bicyclic) bond motifs is 8. The van der Waals surface area contributed by atoms with Gasteiger partial charge in [0.25, 0.3) is 0 Å². The lowest BCUT2D eigenvalue weighted by atomic mass is 9.85. The van der Waals surface area contributed by atoms with Crippen molar-refractivity contribution >= 4 is 65.4 Å². The molecule has 0 N–H and O–H groups in total. The Hall–Kier alpha value is -7.04. The Morgan fingerprint density at radius 1 is 0.308 bits per heavy atom. The van der Waals surface area contributed by atoms with Crippen LogP contribution in [0.25, 0.3) is 99.0 Å². The van der Waals surface area contributed by atoms with E-state index in [1.165, 1.54) is 43.8 Å². The van der Waals surface area contributed by atoms with E-state index in [1.54, 1.807) is 0 Å². The molecule has 11 rings (SSSR count). The third-order valence-electron chi connectivity index (χ3n) is 10.6. The van der Waals surface area contributed by atoms with Crippen molar-refractivity contribution in [3.63, 3.8) is 0 Å². The van der Waals surface area contributed by atoms with E-state index in [1.807, 2.05) is 24.5 Å². The average molecular weight is 663 g/mol. The van der Waals surface area contributed by atoms with E-state index in [0.29, 0.717) is 0 Å². The van der Waals surface area contributed by atoms with Crippen LogP contribution in [0, 0.1) is 0 Å². The lowest BCUT2D eigenvalue weighted by Gasteiger charge is -2.20. The minimum absolute atomic E-state index is 1.01. The number of nitrogens with zero attached hydrogens (tertiary/aromatic N) is 4. The van der Waals surface area contributed by atoms with Crippen molar-refractivity contribution in [3.05, 3.63) is 182 Å². The molecule has 52 heavy (non-hydrogen) atoms. The molecule has 4 heteroatoms. The zero-order chi connectivity index (χ0) is 34.2. The maximum absolute atomic E-state index is 4.82. The van der Waals surface area contributed by atoms with E-state index < -0.39 is 0 Å². The molecular weight excluding hydrogens is 633 g/mol. The summed E-state index contributed by atoms with van der Waals surface area (Å²) in [5.74, 6) is 0. The van der Waals surface area contributed by atoms with Crippen LogP contribution in [0.15, 0.2) is 182 Å². The predicted octanol–water partition coefficient (Wildman–Crippen LogP) is 12.3. The van der Waals surface area contributed by atoms with Gasteiger partial charge >= 0.3 is 0 Å². The van der Waals surface area contributed by atoms with Gasteiger partial charge in [-0.15, -0.1) is 0 Å². The molecular formula is C48H30N4. The number of para-hydroxylation sites is 2. The van der Waals surface area contributed by atoms with E-state index in [0.717, 1.165) is 55.2 Å². The standard InChI is InChI=1S/C48H30N4/c1-3-13-31(14-4-1)45-35-25-23-34(52-42-20-10-8-18-38(42)48-44(52)22-12-28-50-48)30-40(35)46(32-15-5-2-6-16-32)36-26-24-33(29-39(36)45)51-41-19-9-7-17-37(41)47-43(51)21-11-27-49-47/h1-30H. The summed E-state index contributed by atoms with van der Waals surface area (Å²) in [6.45, 7) is 0.